The van der Waals surface area contributed by atoms with Gasteiger partial charge in [0.2, 0.25) is 10.0 Å². The van der Waals surface area contributed by atoms with E-state index in [4.69, 9.17) is 0 Å². The molecule has 1 saturated heterocycles. The number of nitrogens with zero attached hydrogens (tertiary/aromatic N) is 2. The molecule has 122 valence electrons. The van der Waals surface area contributed by atoms with E-state index in [0.29, 0.717) is 23.7 Å². The Bertz CT molecular complexity index is 807. The van der Waals surface area contributed by atoms with Gasteiger partial charge in [0, 0.05) is 18.7 Å². The summed E-state index contributed by atoms with van der Waals surface area (Å²) < 4.78 is 30.4. The summed E-state index contributed by atoms with van der Waals surface area (Å²) >= 11 is 1.21. The maximum absolute atomic E-state index is 12.4. The Kier molecular flexibility index (Phi) is 4.47. The summed E-state index contributed by atoms with van der Waals surface area (Å²) in [7, 11) is -3.44. The number of hydrogen-bond acceptors (Lipinski definition) is 5. The van der Waals surface area contributed by atoms with Crippen LogP contribution >= 0.6 is 11.5 Å². The Balaban J connectivity index is 1.75. The molecule has 0 unspecified atom stereocenters. The molecule has 3 rings (SSSR count). The number of hydrogen-bond donors (Lipinski definition) is 1. The Morgan fingerprint density at radius 1 is 1.22 bits per heavy atom. The van der Waals surface area contributed by atoms with Gasteiger partial charge >= 0.3 is 0 Å². The highest BCUT2D eigenvalue weighted by Gasteiger charge is 2.27. The van der Waals surface area contributed by atoms with Crippen molar-refractivity contribution in [2.45, 2.75) is 24.7 Å². The molecule has 2 heterocycles. The first-order valence-electron chi connectivity index (χ1n) is 7.32. The first kappa shape index (κ1) is 16.1. The number of benzene rings is 1. The maximum Gasteiger partial charge on any atom is 0.256 e. The van der Waals surface area contributed by atoms with Crippen LogP contribution in [0.25, 0.3) is 0 Å². The van der Waals surface area contributed by atoms with E-state index in [1.165, 1.54) is 40.1 Å². The van der Waals surface area contributed by atoms with Crippen LogP contribution in [-0.4, -0.2) is 36.1 Å². The van der Waals surface area contributed by atoms with Crippen LogP contribution in [0.3, 0.4) is 0 Å². The standard InChI is InChI=1S/C15H17N3O3S2/c1-11-10-14(22-17-11)16-15(19)12-4-6-13(7-5-12)23(20,21)18-8-2-3-9-18/h4-7,10H,2-3,8-9H2,1H3,(H,16,19). The molecule has 6 nitrogen and oxygen atoms in total. The zero-order chi connectivity index (χ0) is 16.4. The first-order chi connectivity index (χ1) is 11.0. The van der Waals surface area contributed by atoms with Gasteiger partial charge < -0.3 is 5.32 Å². The second-order valence-corrected chi connectivity index (χ2v) is 8.17. The zero-order valence-electron chi connectivity index (χ0n) is 12.7. The smallest absolute Gasteiger partial charge is 0.256 e. The van der Waals surface area contributed by atoms with E-state index in [-0.39, 0.29) is 10.8 Å². The molecule has 1 fully saturated rings. The Morgan fingerprint density at radius 2 is 1.87 bits per heavy atom. The van der Waals surface area contributed by atoms with Gasteiger partial charge in [-0.05, 0) is 61.6 Å². The average molecular weight is 351 g/mol. The van der Waals surface area contributed by atoms with Crippen molar-refractivity contribution in [3.8, 4) is 0 Å². The lowest BCUT2D eigenvalue weighted by atomic mass is 10.2. The Morgan fingerprint density at radius 3 is 2.43 bits per heavy atom. The fraction of sp³-hybridized carbons (Fsp3) is 0.333. The quantitative estimate of drug-likeness (QED) is 0.918. The molecule has 0 bridgehead atoms. The molecule has 2 aromatic rings. The van der Waals surface area contributed by atoms with Gasteiger partial charge in [-0.2, -0.15) is 8.68 Å². The molecular formula is C15H17N3O3S2. The van der Waals surface area contributed by atoms with Crippen LogP contribution in [0.5, 0.6) is 0 Å². The predicted molar refractivity (Wildman–Crippen MR) is 89.2 cm³/mol. The maximum atomic E-state index is 12.4. The fourth-order valence-corrected chi connectivity index (χ4v) is 4.64. The molecule has 1 aliphatic rings. The van der Waals surface area contributed by atoms with Gasteiger partial charge in [0.1, 0.15) is 5.00 Å². The highest BCUT2D eigenvalue weighted by molar-refractivity contribution is 7.89. The molecule has 1 aromatic heterocycles. The lowest BCUT2D eigenvalue weighted by Gasteiger charge is -2.15. The minimum atomic E-state index is -3.44. The van der Waals surface area contributed by atoms with Crippen molar-refractivity contribution in [3.63, 3.8) is 0 Å². The average Bonchev–Trinajstić information content (AvgIpc) is 3.19. The van der Waals surface area contributed by atoms with Crippen LogP contribution in [0, 0.1) is 6.92 Å². The molecule has 0 spiro atoms. The lowest BCUT2D eigenvalue weighted by molar-refractivity contribution is 0.102. The molecule has 1 aromatic carbocycles. The second-order valence-electron chi connectivity index (χ2n) is 5.42. The summed E-state index contributed by atoms with van der Waals surface area (Å²) in [5.41, 5.74) is 1.26. The number of carbonyl (C=O) groups is 1. The summed E-state index contributed by atoms with van der Waals surface area (Å²) in [6, 6.07) is 7.83. The largest absolute Gasteiger partial charge is 0.312 e. The molecule has 8 heteroatoms. The van der Waals surface area contributed by atoms with Crippen LogP contribution in [0.2, 0.25) is 0 Å². The van der Waals surface area contributed by atoms with E-state index in [0.717, 1.165) is 18.5 Å². The van der Waals surface area contributed by atoms with E-state index in [1.807, 2.05) is 6.92 Å². The number of anilines is 1. The molecule has 1 N–H and O–H groups in total. The lowest BCUT2D eigenvalue weighted by Crippen LogP contribution is -2.27. The van der Waals surface area contributed by atoms with Gasteiger partial charge in [0.15, 0.2) is 0 Å². The number of sulfonamides is 1. The van der Waals surface area contributed by atoms with Crippen LogP contribution in [0.1, 0.15) is 28.9 Å². The van der Waals surface area contributed by atoms with Crippen molar-refractivity contribution < 1.29 is 13.2 Å². The first-order valence-corrected chi connectivity index (χ1v) is 9.53. The van der Waals surface area contributed by atoms with Gasteiger partial charge in [-0.3, -0.25) is 4.79 Å². The summed E-state index contributed by atoms with van der Waals surface area (Å²) in [5.74, 6) is -0.279. The van der Waals surface area contributed by atoms with Gasteiger partial charge in [0.25, 0.3) is 5.91 Å². The number of nitrogens with one attached hydrogen (secondary N) is 1. The van der Waals surface area contributed by atoms with Crippen LogP contribution in [0.15, 0.2) is 35.2 Å². The number of carbonyl (C=O) groups excluding carboxylic acids is 1. The van der Waals surface area contributed by atoms with Crippen LogP contribution in [-0.2, 0) is 10.0 Å². The molecule has 23 heavy (non-hydrogen) atoms. The van der Waals surface area contributed by atoms with Crippen molar-refractivity contribution in [1.82, 2.24) is 8.68 Å². The third kappa shape index (κ3) is 3.44. The number of aromatic nitrogens is 1. The van der Waals surface area contributed by atoms with Crippen molar-refractivity contribution >= 4 is 32.5 Å². The van der Waals surface area contributed by atoms with Crippen molar-refractivity contribution in [2.24, 2.45) is 0 Å². The van der Waals surface area contributed by atoms with Crippen LogP contribution in [0.4, 0.5) is 5.00 Å². The predicted octanol–water partition coefficient (Wildman–Crippen LogP) is 2.49. The minimum Gasteiger partial charge on any atom is -0.312 e. The van der Waals surface area contributed by atoms with E-state index in [9.17, 15) is 13.2 Å². The molecule has 0 radical (unpaired) electrons. The SMILES string of the molecule is Cc1cc(NC(=O)c2ccc(S(=O)(=O)N3CCCC3)cc2)sn1. The molecule has 1 aliphatic heterocycles. The van der Waals surface area contributed by atoms with Gasteiger partial charge in [-0.15, -0.1) is 0 Å². The number of aryl methyl sites for hydroxylation is 1. The van der Waals surface area contributed by atoms with Crippen LogP contribution < -0.4 is 5.32 Å². The summed E-state index contributed by atoms with van der Waals surface area (Å²) in [6.45, 7) is 2.98. The van der Waals surface area contributed by atoms with E-state index in [1.54, 1.807) is 6.07 Å². The van der Waals surface area contributed by atoms with Gasteiger partial charge in [-0.1, -0.05) is 0 Å². The normalized spacial score (nSPS) is 15.7. The third-order valence-electron chi connectivity index (χ3n) is 3.68. The second kappa shape index (κ2) is 6.38. The molecule has 0 atom stereocenters. The van der Waals surface area contributed by atoms with Crippen molar-refractivity contribution in [2.75, 3.05) is 18.4 Å². The zero-order valence-corrected chi connectivity index (χ0v) is 14.3. The fourth-order valence-electron chi connectivity index (χ4n) is 2.46. The van der Waals surface area contributed by atoms with Crippen molar-refractivity contribution in [3.05, 3.63) is 41.6 Å². The molecule has 0 saturated carbocycles. The topological polar surface area (TPSA) is 79.4 Å². The molecular weight excluding hydrogens is 334 g/mol. The molecule has 0 aliphatic carbocycles. The van der Waals surface area contributed by atoms with E-state index in [2.05, 4.69) is 9.69 Å². The van der Waals surface area contributed by atoms with Gasteiger partial charge in [0.05, 0.1) is 10.6 Å². The Labute approximate surface area is 139 Å². The highest BCUT2D eigenvalue weighted by atomic mass is 32.2. The summed E-state index contributed by atoms with van der Waals surface area (Å²) in [6.07, 6.45) is 1.79. The number of rotatable bonds is 4. The highest BCUT2D eigenvalue weighted by Crippen LogP contribution is 2.22. The van der Waals surface area contributed by atoms with Gasteiger partial charge in [-0.25, -0.2) is 8.42 Å². The molecule has 1 amide bonds. The number of amides is 1. The summed E-state index contributed by atoms with van der Waals surface area (Å²) in [4.78, 5) is 12.4. The van der Waals surface area contributed by atoms with Crippen molar-refractivity contribution in [1.29, 1.82) is 0 Å². The summed E-state index contributed by atoms with van der Waals surface area (Å²) in [5, 5.41) is 3.42. The van der Waals surface area contributed by atoms with E-state index >= 15 is 0 Å². The third-order valence-corrected chi connectivity index (χ3v) is 6.39. The Hall–Kier alpha value is -1.77. The minimum absolute atomic E-state index is 0.226. The monoisotopic (exact) mass is 351 g/mol. The van der Waals surface area contributed by atoms with E-state index < -0.39 is 10.0 Å².